The minimum atomic E-state index is -4.87. The number of nitro groups is 1. The van der Waals surface area contributed by atoms with Crippen LogP contribution in [0.2, 0.25) is 0 Å². The van der Waals surface area contributed by atoms with E-state index < -0.39 is 31.1 Å². The van der Waals surface area contributed by atoms with Crippen molar-refractivity contribution < 1.29 is 22.1 Å². The molecule has 0 radical (unpaired) electrons. The van der Waals surface area contributed by atoms with Gasteiger partial charge in [0.1, 0.15) is 0 Å². The average molecular weight is 352 g/mol. The summed E-state index contributed by atoms with van der Waals surface area (Å²) in [5.41, 5.74) is -0.558. The largest absolute Gasteiger partial charge is 0.341 e. The zero-order valence-electron chi connectivity index (χ0n) is 9.97. The Bertz CT molecular complexity index is 763. The third-order valence-electron chi connectivity index (χ3n) is 2.30. The summed E-state index contributed by atoms with van der Waals surface area (Å²) in [4.78, 5) is 13.4. The molecule has 0 atom stereocenters. The van der Waals surface area contributed by atoms with Crippen molar-refractivity contribution in [1.82, 2.24) is 4.98 Å². The fourth-order valence-corrected chi connectivity index (χ4v) is 3.76. The summed E-state index contributed by atoms with van der Waals surface area (Å²) in [6.07, 6.45) is 1.51. The lowest BCUT2D eigenvalue weighted by atomic mass is 10.3. The van der Waals surface area contributed by atoms with E-state index in [9.17, 15) is 27.3 Å². The second kappa shape index (κ2) is 6.03. The number of nitrogens with zero attached hydrogens (tertiary/aromatic N) is 2. The molecular weight excluding hydrogens is 346 g/mol. The Morgan fingerprint density at radius 3 is 2.62 bits per heavy atom. The van der Waals surface area contributed by atoms with Gasteiger partial charge in [-0.1, -0.05) is 11.8 Å². The Morgan fingerprint density at radius 1 is 1.38 bits per heavy atom. The van der Waals surface area contributed by atoms with E-state index in [1.54, 1.807) is 5.38 Å². The van der Waals surface area contributed by atoms with Crippen LogP contribution in [0.25, 0.3) is 0 Å². The van der Waals surface area contributed by atoms with Crippen LogP contribution in [0.5, 0.6) is 0 Å². The number of alkyl halides is 2. The monoisotopic (exact) mass is 352 g/mol. The van der Waals surface area contributed by atoms with Crippen LogP contribution < -0.4 is 0 Å². The smallest absolute Gasteiger partial charge is 0.258 e. The number of aromatic nitrogens is 1. The van der Waals surface area contributed by atoms with Crippen molar-refractivity contribution in [3.05, 3.63) is 39.9 Å². The molecule has 0 saturated carbocycles. The highest BCUT2D eigenvalue weighted by atomic mass is 32.2. The molecule has 0 aliphatic rings. The van der Waals surface area contributed by atoms with Gasteiger partial charge in [0.2, 0.25) is 9.84 Å². The van der Waals surface area contributed by atoms with Gasteiger partial charge in [-0.15, -0.1) is 11.3 Å². The molecule has 0 N–H and O–H groups in total. The molecule has 1 aromatic heterocycles. The van der Waals surface area contributed by atoms with Crippen LogP contribution in [-0.4, -0.2) is 24.1 Å². The molecule has 21 heavy (non-hydrogen) atoms. The topological polar surface area (TPSA) is 90.2 Å². The molecule has 6 nitrogen and oxygen atoms in total. The van der Waals surface area contributed by atoms with Gasteiger partial charge in [0.15, 0.2) is 4.34 Å². The number of thiazole rings is 1. The van der Waals surface area contributed by atoms with Crippen LogP contribution >= 0.6 is 23.1 Å². The zero-order chi connectivity index (χ0) is 15.6. The number of rotatable bonds is 5. The molecule has 0 aliphatic carbocycles. The van der Waals surface area contributed by atoms with E-state index in [-0.39, 0.29) is 4.90 Å². The quantitative estimate of drug-likeness (QED) is 0.606. The van der Waals surface area contributed by atoms with Crippen LogP contribution in [0, 0.1) is 10.1 Å². The highest BCUT2D eigenvalue weighted by molar-refractivity contribution is 8.01. The average Bonchev–Trinajstić information content (AvgIpc) is 2.91. The fraction of sp³-hybridized carbons (Fsp3) is 0.100. The zero-order valence-corrected chi connectivity index (χ0v) is 12.4. The predicted molar refractivity (Wildman–Crippen MR) is 72.5 cm³/mol. The second-order valence-corrected chi connectivity index (χ2v) is 7.69. The Labute approximate surface area is 125 Å². The molecule has 112 valence electrons. The van der Waals surface area contributed by atoms with Crippen molar-refractivity contribution in [3.8, 4) is 0 Å². The van der Waals surface area contributed by atoms with Crippen molar-refractivity contribution in [2.45, 2.75) is 19.9 Å². The van der Waals surface area contributed by atoms with Crippen LogP contribution in [0.15, 0.2) is 43.9 Å². The molecule has 0 unspecified atom stereocenters. The normalized spacial score (nSPS) is 11.8. The lowest BCUT2D eigenvalue weighted by Gasteiger charge is -2.05. The molecule has 2 aromatic rings. The molecule has 11 heteroatoms. The number of sulfone groups is 1. The Kier molecular flexibility index (Phi) is 4.54. The number of nitro benzene ring substituents is 1. The Balaban J connectivity index is 2.48. The van der Waals surface area contributed by atoms with Gasteiger partial charge in [-0.05, 0) is 12.1 Å². The van der Waals surface area contributed by atoms with E-state index in [1.165, 1.54) is 17.5 Å². The number of hydrogen-bond donors (Lipinski definition) is 0. The van der Waals surface area contributed by atoms with Gasteiger partial charge in [0.05, 0.1) is 14.7 Å². The second-order valence-electron chi connectivity index (χ2n) is 3.59. The van der Waals surface area contributed by atoms with E-state index in [0.29, 0.717) is 10.4 Å². The summed E-state index contributed by atoms with van der Waals surface area (Å²) in [5, 5.41) is 12.7. The van der Waals surface area contributed by atoms with E-state index in [1.807, 2.05) is 0 Å². The lowest BCUT2D eigenvalue weighted by molar-refractivity contribution is -0.388. The molecule has 0 saturated heterocycles. The maximum absolute atomic E-state index is 12.5. The Morgan fingerprint density at radius 2 is 2.10 bits per heavy atom. The third kappa shape index (κ3) is 3.36. The Hall–Kier alpha value is -1.59. The van der Waals surface area contributed by atoms with Crippen molar-refractivity contribution in [1.29, 1.82) is 0 Å². The van der Waals surface area contributed by atoms with Gasteiger partial charge in [0.25, 0.3) is 5.69 Å². The summed E-state index contributed by atoms with van der Waals surface area (Å²) in [6, 6.07) is 2.68. The van der Waals surface area contributed by atoms with Crippen molar-refractivity contribution in [3.63, 3.8) is 0 Å². The predicted octanol–water partition coefficient (Wildman–Crippen LogP) is 3.20. The van der Waals surface area contributed by atoms with Crippen molar-refractivity contribution in [2.24, 2.45) is 0 Å². The van der Waals surface area contributed by atoms with Crippen molar-refractivity contribution >= 4 is 38.6 Å². The lowest BCUT2D eigenvalue weighted by Crippen LogP contribution is -2.11. The van der Waals surface area contributed by atoms with Crippen LogP contribution in [0.4, 0.5) is 14.5 Å². The summed E-state index contributed by atoms with van der Waals surface area (Å²) in [6.45, 7) is 0. The maximum Gasteiger partial charge on any atom is 0.341 e. The minimum absolute atomic E-state index is 0.128. The van der Waals surface area contributed by atoms with Crippen LogP contribution in [0.3, 0.4) is 0 Å². The van der Waals surface area contributed by atoms with Gasteiger partial charge in [-0.3, -0.25) is 10.1 Å². The molecule has 0 bridgehead atoms. The van der Waals surface area contributed by atoms with Crippen LogP contribution in [0.1, 0.15) is 0 Å². The molecule has 0 spiro atoms. The standard InChI is InChI=1S/C10H6F2N2O4S3/c11-9(12)21(17,18)6-1-2-8(7(5-6)14(15)16)20-10-13-3-4-19-10/h1-5,9H. The number of hydrogen-bond acceptors (Lipinski definition) is 7. The SMILES string of the molecule is O=[N+]([O-])c1cc(S(=O)(=O)C(F)F)ccc1Sc1nccs1. The van der Waals surface area contributed by atoms with E-state index >= 15 is 0 Å². The van der Waals surface area contributed by atoms with E-state index in [0.717, 1.165) is 23.9 Å². The van der Waals surface area contributed by atoms with Gasteiger partial charge < -0.3 is 0 Å². The minimum Gasteiger partial charge on any atom is -0.258 e. The molecular formula is C10H6F2N2O4S3. The summed E-state index contributed by atoms with van der Waals surface area (Å²) < 4.78 is 48.1. The van der Waals surface area contributed by atoms with Gasteiger partial charge >= 0.3 is 5.76 Å². The summed E-state index contributed by atoms with van der Waals surface area (Å²) in [5.74, 6) is -3.63. The number of benzene rings is 1. The molecule has 0 aliphatic heterocycles. The first-order valence-electron chi connectivity index (χ1n) is 5.20. The highest BCUT2D eigenvalue weighted by Gasteiger charge is 2.29. The van der Waals surface area contributed by atoms with E-state index in [2.05, 4.69) is 4.98 Å². The van der Waals surface area contributed by atoms with E-state index in [4.69, 9.17) is 0 Å². The fourth-order valence-electron chi connectivity index (χ4n) is 1.36. The molecule has 1 heterocycles. The van der Waals surface area contributed by atoms with Gasteiger partial charge in [0, 0.05) is 17.6 Å². The summed E-state index contributed by atoms with van der Waals surface area (Å²) >= 11 is 2.20. The highest BCUT2D eigenvalue weighted by Crippen LogP contribution is 2.37. The van der Waals surface area contributed by atoms with Gasteiger partial charge in [-0.2, -0.15) is 8.78 Å². The molecule has 0 fully saturated rings. The summed E-state index contributed by atoms with van der Waals surface area (Å²) in [7, 11) is -4.87. The van der Waals surface area contributed by atoms with Crippen molar-refractivity contribution in [2.75, 3.05) is 0 Å². The first kappa shape index (κ1) is 15.8. The first-order chi connectivity index (χ1) is 9.82. The van der Waals surface area contributed by atoms with Gasteiger partial charge in [-0.25, -0.2) is 13.4 Å². The number of halogens is 2. The first-order valence-corrected chi connectivity index (χ1v) is 8.44. The maximum atomic E-state index is 12.5. The molecule has 1 aromatic carbocycles. The molecule has 0 amide bonds. The molecule has 2 rings (SSSR count). The third-order valence-corrected chi connectivity index (χ3v) is 5.63. The van der Waals surface area contributed by atoms with Crippen LogP contribution in [-0.2, 0) is 9.84 Å².